The van der Waals surface area contributed by atoms with Crippen LogP contribution in [-0.2, 0) is 16.4 Å². The number of rotatable bonds is 5. The molecule has 0 N–H and O–H groups in total. The molecule has 1 saturated carbocycles. The highest BCUT2D eigenvalue weighted by Gasteiger charge is 2.40. The molecule has 1 heterocycles. The van der Waals surface area contributed by atoms with Gasteiger partial charge in [-0.15, -0.1) is 0 Å². The minimum Gasteiger partial charge on any atom is -0.270 e. The molecule has 136 valence electrons. The molecule has 3 nitrogen and oxygen atoms in total. The first kappa shape index (κ1) is 17.3. The molecule has 2 bridgehead atoms. The molecule has 1 aliphatic carbocycles. The van der Waals surface area contributed by atoms with Gasteiger partial charge < -0.3 is 0 Å². The predicted octanol–water partition coefficient (Wildman–Crippen LogP) is 4.68. The molecule has 1 aliphatic heterocycles. The third-order valence-electron chi connectivity index (χ3n) is 5.72. The van der Waals surface area contributed by atoms with E-state index in [-0.39, 0.29) is 6.04 Å². The summed E-state index contributed by atoms with van der Waals surface area (Å²) in [5.41, 5.74) is 3.67. The molecule has 0 spiro atoms. The van der Waals surface area contributed by atoms with Crippen LogP contribution in [0.4, 0.5) is 0 Å². The molecule has 2 aliphatic rings. The van der Waals surface area contributed by atoms with Crippen LogP contribution in [0.1, 0.15) is 36.8 Å². The summed E-state index contributed by atoms with van der Waals surface area (Å²) in [5, 5.41) is 0. The number of hydrogen-bond acceptors (Lipinski definition) is 2. The van der Waals surface area contributed by atoms with Gasteiger partial charge >= 0.3 is 0 Å². The highest BCUT2D eigenvalue weighted by molar-refractivity contribution is 7.89. The van der Waals surface area contributed by atoms with Gasteiger partial charge in [0.25, 0.3) is 10.0 Å². The van der Waals surface area contributed by atoms with Crippen LogP contribution in [0.5, 0.6) is 0 Å². The zero-order valence-electron chi connectivity index (χ0n) is 15.1. The molecule has 0 radical (unpaired) electrons. The first-order valence-corrected chi connectivity index (χ1v) is 10.8. The van der Waals surface area contributed by atoms with E-state index < -0.39 is 10.0 Å². The molecule has 2 unspecified atom stereocenters. The maximum absolute atomic E-state index is 13.2. The Bertz CT molecular complexity index is 901. The van der Waals surface area contributed by atoms with Crippen LogP contribution >= 0.6 is 0 Å². The summed E-state index contributed by atoms with van der Waals surface area (Å²) >= 11 is 0. The number of sulfonamides is 1. The molecule has 2 atom stereocenters. The van der Waals surface area contributed by atoms with Crippen LogP contribution in [0.2, 0.25) is 0 Å². The fourth-order valence-electron chi connectivity index (χ4n) is 4.20. The Hall–Kier alpha value is -2.07. The Kier molecular flexibility index (Phi) is 4.62. The third-order valence-corrected chi connectivity index (χ3v) is 7.55. The van der Waals surface area contributed by atoms with E-state index >= 15 is 0 Å². The smallest absolute Gasteiger partial charge is 0.264 e. The van der Waals surface area contributed by atoms with E-state index in [2.05, 4.69) is 24.3 Å². The van der Waals surface area contributed by atoms with Gasteiger partial charge in [-0.3, -0.25) is 4.31 Å². The fourth-order valence-corrected chi connectivity index (χ4v) is 5.78. The second kappa shape index (κ2) is 6.92. The number of fused-ring (bicyclic) bond motifs is 2. The quantitative estimate of drug-likeness (QED) is 0.769. The molecular weight excluding hydrogens is 342 g/mol. The van der Waals surface area contributed by atoms with E-state index in [0.29, 0.717) is 10.8 Å². The van der Waals surface area contributed by atoms with Crippen molar-refractivity contribution in [3.05, 3.63) is 77.5 Å². The van der Waals surface area contributed by atoms with E-state index in [1.807, 2.05) is 31.3 Å². The van der Waals surface area contributed by atoms with Gasteiger partial charge in [0.15, 0.2) is 0 Å². The molecule has 26 heavy (non-hydrogen) atoms. The Morgan fingerprint density at radius 2 is 1.69 bits per heavy atom. The second-order valence-corrected chi connectivity index (χ2v) is 9.34. The van der Waals surface area contributed by atoms with E-state index in [1.165, 1.54) is 11.1 Å². The van der Waals surface area contributed by atoms with Crippen molar-refractivity contribution in [2.75, 3.05) is 0 Å². The van der Waals surface area contributed by atoms with Crippen LogP contribution in [0.25, 0.3) is 0 Å². The molecule has 4 heteroatoms. The Morgan fingerprint density at radius 3 is 2.42 bits per heavy atom. The zero-order valence-corrected chi connectivity index (χ0v) is 16.0. The maximum atomic E-state index is 13.2. The van der Waals surface area contributed by atoms with Crippen molar-refractivity contribution in [3.8, 4) is 0 Å². The largest absolute Gasteiger partial charge is 0.270 e. The van der Waals surface area contributed by atoms with E-state index in [4.69, 9.17) is 0 Å². The predicted molar refractivity (Wildman–Crippen MR) is 104 cm³/mol. The number of hydrogen-bond donors (Lipinski definition) is 0. The van der Waals surface area contributed by atoms with E-state index in [9.17, 15) is 8.42 Å². The van der Waals surface area contributed by atoms with Crippen molar-refractivity contribution < 1.29 is 8.42 Å². The molecule has 0 saturated heterocycles. The lowest BCUT2D eigenvalue weighted by Gasteiger charge is -2.32. The van der Waals surface area contributed by atoms with Gasteiger partial charge in [0, 0.05) is 12.2 Å². The summed E-state index contributed by atoms with van der Waals surface area (Å²) in [6.07, 6.45) is 6.87. The molecule has 0 amide bonds. The van der Waals surface area contributed by atoms with Crippen molar-refractivity contribution in [1.82, 2.24) is 4.31 Å². The number of allylic oxidation sites excluding steroid dienone is 1. The van der Waals surface area contributed by atoms with Gasteiger partial charge in [-0.25, -0.2) is 8.42 Å². The van der Waals surface area contributed by atoms with Crippen molar-refractivity contribution in [3.63, 3.8) is 0 Å². The molecule has 1 fully saturated rings. The first-order chi connectivity index (χ1) is 12.5. The van der Waals surface area contributed by atoms with E-state index in [0.717, 1.165) is 37.7 Å². The summed E-state index contributed by atoms with van der Waals surface area (Å²) < 4.78 is 28.0. The number of benzene rings is 2. The fraction of sp³-hybridized carbons (Fsp3) is 0.364. The minimum atomic E-state index is -3.47. The minimum absolute atomic E-state index is 0.117. The van der Waals surface area contributed by atoms with E-state index in [1.54, 1.807) is 16.4 Å². The third kappa shape index (κ3) is 3.30. The van der Waals surface area contributed by atoms with Crippen LogP contribution < -0.4 is 0 Å². The second-order valence-electron chi connectivity index (χ2n) is 7.50. The normalized spacial score (nSPS) is 22.3. The molecule has 2 aromatic carbocycles. The molecular formula is C22H25NO2S. The van der Waals surface area contributed by atoms with Gasteiger partial charge in [-0.1, -0.05) is 48.0 Å². The average molecular weight is 368 g/mol. The molecule has 4 rings (SSSR count). The van der Waals surface area contributed by atoms with Crippen LogP contribution in [-0.4, -0.2) is 18.8 Å². The van der Waals surface area contributed by atoms with Gasteiger partial charge in [0.05, 0.1) is 4.90 Å². The van der Waals surface area contributed by atoms with Gasteiger partial charge in [-0.05, 0) is 68.2 Å². The monoisotopic (exact) mass is 367 g/mol. The Morgan fingerprint density at radius 1 is 0.962 bits per heavy atom. The Labute approximate surface area is 156 Å². The van der Waals surface area contributed by atoms with Gasteiger partial charge in [0.1, 0.15) is 0 Å². The standard InChI is InChI=1S/C22H25NO2S/c1-17-7-13-22(14-8-17)26(24,25)23-16-20(19-11-12-21(23)15-19)10-9-18-5-3-2-4-6-18/h2-8,13-14,16,19,21H,9-12,15H2,1H3. The van der Waals surface area contributed by atoms with Crippen LogP contribution in [0.15, 0.2) is 71.3 Å². The van der Waals surface area contributed by atoms with Gasteiger partial charge in [0.2, 0.25) is 0 Å². The van der Waals surface area contributed by atoms with Crippen molar-refractivity contribution in [2.24, 2.45) is 5.92 Å². The summed E-state index contributed by atoms with van der Waals surface area (Å²) in [6.45, 7) is 1.97. The van der Waals surface area contributed by atoms with Crippen molar-refractivity contribution in [1.29, 1.82) is 0 Å². The summed E-state index contributed by atoms with van der Waals surface area (Å²) in [6, 6.07) is 17.7. The molecule has 0 aromatic heterocycles. The lowest BCUT2D eigenvalue weighted by molar-refractivity contribution is 0.370. The average Bonchev–Trinajstić information content (AvgIpc) is 3.06. The van der Waals surface area contributed by atoms with Crippen molar-refractivity contribution >= 4 is 10.0 Å². The topological polar surface area (TPSA) is 37.4 Å². The summed E-state index contributed by atoms with van der Waals surface area (Å²) in [7, 11) is -3.47. The summed E-state index contributed by atoms with van der Waals surface area (Å²) in [4.78, 5) is 0.395. The SMILES string of the molecule is Cc1ccc(S(=O)(=O)N2C=C(CCc3ccccc3)C3CCC2C3)cc1. The maximum Gasteiger partial charge on any atom is 0.264 e. The highest BCUT2D eigenvalue weighted by Crippen LogP contribution is 2.42. The van der Waals surface area contributed by atoms with Crippen LogP contribution in [0, 0.1) is 12.8 Å². The van der Waals surface area contributed by atoms with Crippen molar-refractivity contribution in [2.45, 2.75) is 50.0 Å². The first-order valence-electron chi connectivity index (χ1n) is 9.39. The Balaban J connectivity index is 1.60. The van der Waals surface area contributed by atoms with Crippen LogP contribution in [0.3, 0.4) is 0 Å². The zero-order chi connectivity index (χ0) is 18.1. The summed E-state index contributed by atoms with van der Waals surface area (Å²) in [5.74, 6) is 0.549. The highest BCUT2D eigenvalue weighted by atomic mass is 32.2. The van der Waals surface area contributed by atoms with Gasteiger partial charge in [-0.2, -0.15) is 0 Å². The lowest BCUT2D eigenvalue weighted by Crippen LogP contribution is -2.37. The molecule has 2 aromatic rings. The number of nitrogens with zero attached hydrogens (tertiary/aromatic N) is 1. The number of aryl methyl sites for hydroxylation is 2. The lowest BCUT2D eigenvalue weighted by atomic mass is 9.91.